The molecule has 1 N–H and O–H groups in total. The third kappa shape index (κ3) is 13.1. The second kappa shape index (κ2) is 22.8. The molecule has 2 aromatic rings. The number of benzene rings is 2. The Morgan fingerprint density at radius 1 is 0.536 bits per heavy atom. The molecule has 13 heteroatoms. The van der Waals surface area contributed by atoms with Crippen LogP contribution in [0.5, 0.6) is 0 Å². The van der Waals surface area contributed by atoms with E-state index >= 15 is 0 Å². The Morgan fingerprint density at radius 2 is 0.804 bits per heavy atom. The topological polar surface area (TPSA) is 71.4 Å². The van der Waals surface area contributed by atoms with E-state index in [4.69, 9.17) is 5.11 Å². The first-order valence-corrected chi connectivity index (χ1v) is 24.1. The van der Waals surface area contributed by atoms with Gasteiger partial charge in [0, 0.05) is 88.7 Å². The fourth-order valence-corrected chi connectivity index (χ4v) is 18.6. The van der Waals surface area contributed by atoms with E-state index in [-0.39, 0.29) is 49.4 Å². The molecule has 56 heavy (non-hydrogen) atoms. The quantitative estimate of drug-likeness (QED) is 0.130. The fraction of sp³-hybridized carbons (Fsp3) is 0.651. The smallest absolute Gasteiger partial charge is 0.454 e. The number of aliphatic hydroxyl groups excluding tert-OH is 1. The van der Waals surface area contributed by atoms with E-state index in [1.54, 1.807) is 0 Å². The molecule has 4 aliphatic rings. The summed E-state index contributed by atoms with van der Waals surface area (Å²) in [5.74, 6) is -5.34. The Labute approximate surface area is 371 Å². The standard InChI is InChI=1S/2C19H29OP.C5H2F6O2.Eu/c2*1-16-10-8-9-15-19(16)21(20,17-11-4-2-5-12-17)18-13-6-3-7-14-18;6-4(7,8)2(12)1-3(13)5(9,10)11;/h2*8-10,15,17-18H,2-7,11-14H2,1H3;1,12H;/b;;2-1-;. The van der Waals surface area contributed by atoms with Gasteiger partial charge in [-0.05, 0) is 76.3 Å². The summed E-state index contributed by atoms with van der Waals surface area (Å²) in [7, 11) is -4.52. The van der Waals surface area contributed by atoms with Crippen LogP contribution in [0.4, 0.5) is 26.3 Å². The van der Waals surface area contributed by atoms with Crippen LogP contribution in [-0.2, 0) is 13.9 Å². The van der Waals surface area contributed by atoms with E-state index in [2.05, 4.69) is 62.4 Å². The van der Waals surface area contributed by atoms with Crippen molar-refractivity contribution in [1.29, 1.82) is 0 Å². The van der Waals surface area contributed by atoms with Crippen molar-refractivity contribution in [2.45, 2.75) is 177 Å². The molecular formula is C43H60EuF6O4P2. The van der Waals surface area contributed by atoms with E-state index in [0.717, 1.165) is 0 Å². The molecule has 0 aliphatic heterocycles. The van der Waals surface area contributed by atoms with Gasteiger partial charge in [0.05, 0.1) is 0 Å². The second-order valence-corrected chi connectivity index (χ2v) is 22.8. The number of aliphatic hydroxyl groups is 1. The van der Waals surface area contributed by atoms with Gasteiger partial charge in [0.2, 0.25) is 5.76 Å². The molecular weight excluding hydrogens is 908 g/mol. The van der Waals surface area contributed by atoms with Crippen LogP contribution >= 0.6 is 14.3 Å². The van der Waals surface area contributed by atoms with Crippen molar-refractivity contribution >= 4 is 30.7 Å². The van der Waals surface area contributed by atoms with Crippen molar-refractivity contribution in [2.24, 2.45) is 0 Å². The van der Waals surface area contributed by atoms with Crippen LogP contribution in [-0.4, -0.2) is 45.9 Å². The molecule has 6 rings (SSSR count). The Hall–Kier alpha value is -0.726. The number of allylic oxidation sites excluding steroid dienone is 2. The van der Waals surface area contributed by atoms with Crippen LogP contribution in [0.15, 0.2) is 60.4 Å². The summed E-state index contributed by atoms with van der Waals surface area (Å²) in [5, 5.41) is 10.4. The molecule has 0 atom stereocenters. The molecule has 0 amide bonds. The Balaban J connectivity index is 0.000000231. The number of rotatable bonds is 7. The van der Waals surface area contributed by atoms with Crippen molar-refractivity contribution in [3.8, 4) is 0 Å². The summed E-state index contributed by atoms with van der Waals surface area (Å²) in [6, 6.07) is 17.1. The number of hydrogen-bond donors (Lipinski definition) is 1. The van der Waals surface area contributed by atoms with E-state index in [0.29, 0.717) is 22.6 Å². The molecule has 0 aromatic heterocycles. The van der Waals surface area contributed by atoms with Gasteiger partial charge in [-0.25, -0.2) is 0 Å². The molecule has 4 nitrogen and oxygen atoms in total. The average molecular weight is 969 g/mol. The number of carbonyl (C=O) groups is 1. The summed E-state index contributed by atoms with van der Waals surface area (Å²) >= 11 is 0. The maximum Gasteiger partial charge on any atom is 0.454 e. The van der Waals surface area contributed by atoms with E-state index in [1.807, 2.05) is 0 Å². The van der Waals surface area contributed by atoms with E-state index < -0.39 is 44.3 Å². The van der Waals surface area contributed by atoms with Gasteiger partial charge in [-0.1, -0.05) is 126 Å². The first kappa shape index (κ1) is 49.6. The number of halogens is 6. The van der Waals surface area contributed by atoms with Crippen LogP contribution in [0.2, 0.25) is 0 Å². The van der Waals surface area contributed by atoms with Gasteiger partial charge in [0.1, 0.15) is 14.3 Å². The van der Waals surface area contributed by atoms with Crippen LogP contribution < -0.4 is 10.6 Å². The van der Waals surface area contributed by atoms with Crippen LogP contribution in [0.3, 0.4) is 0 Å². The average Bonchev–Trinajstić information content (AvgIpc) is 3.19. The molecule has 0 spiro atoms. The predicted molar refractivity (Wildman–Crippen MR) is 212 cm³/mol. The number of hydrogen-bond acceptors (Lipinski definition) is 4. The number of aryl methyl sites for hydroxylation is 2. The molecule has 0 heterocycles. The third-order valence-corrected chi connectivity index (χ3v) is 21.2. The van der Waals surface area contributed by atoms with Crippen molar-refractivity contribution < 1.29 is 94.8 Å². The minimum atomic E-state index is -5.42. The summed E-state index contributed by atoms with van der Waals surface area (Å²) in [4.78, 5) is 9.86. The second-order valence-electron chi connectivity index (χ2n) is 16.0. The monoisotopic (exact) mass is 969 g/mol. The molecule has 2 aromatic carbocycles. The van der Waals surface area contributed by atoms with Crippen LogP contribution in [0.25, 0.3) is 0 Å². The number of ketones is 1. The van der Waals surface area contributed by atoms with E-state index in [9.17, 15) is 40.3 Å². The van der Waals surface area contributed by atoms with Gasteiger partial charge in [-0.2, -0.15) is 26.3 Å². The molecule has 0 unspecified atom stereocenters. The van der Waals surface area contributed by atoms with Crippen molar-refractivity contribution in [3.05, 3.63) is 71.5 Å². The van der Waals surface area contributed by atoms with Crippen molar-refractivity contribution in [1.82, 2.24) is 0 Å². The molecule has 4 fully saturated rings. The van der Waals surface area contributed by atoms with Crippen molar-refractivity contribution in [3.63, 3.8) is 0 Å². The zero-order valence-corrected chi connectivity index (χ0v) is 37.1. The third-order valence-electron chi connectivity index (χ3n) is 12.3. The normalized spacial score (nSPS) is 20.1. The predicted octanol–water partition coefficient (Wildman–Crippen LogP) is 13.4. The molecule has 0 saturated heterocycles. The summed E-state index contributed by atoms with van der Waals surface area (Å²) in [5.41, 5.74) is 4.39. The van der Waals surface area contributed by atoms with Gasteiger partial charge in [0.15, 0.2) is 0 Å². The fourth-order valence-electron chi connectivity index (χ4n) is 9.44. The minimum Gasteiger partial charge on any atom is -0.504 e. The van der Waals surface area contributed by atoms with Gasteiger partial charge >= 0.3 is 12.4 Å². The minimum absolute atomic E-state index is 0. The SMILES string of the molecule is Cc1ccccc1P(=O)(C1CCCCC1)C1CCCCC1.Cc1ccccc1P(=O)(C1CCCCC1)C1CCCCC1.O=C(/C=C(\O)C(F)(F)F)C(F)(F)F.[Eu]. The zero-order valence-electron chi connectivity index (χ0n) is 32.9. The van der Waals surface area contributed by atoms with Crippen LogP contribution in [0.1, 0.15) is 140 Å². The Kier molecular flexibility index (Phi) is 20.2. The van der Waals surface area contributed by atoms with Gasteiger partial charge in [-0.15, -0.1) is 0 Å². The van der Waals surface area contributed by atoms with E-state index in [1.165, 1.54) is 150 Å². The molecule has 4 saturated carbocycles. The number of alkyl halides is 6. The molecule has 1 radical (unpaired) electrons. The molecule has 315 valence electrons. The zero-order chi connectivity index (χ0) is 40.3. The first-order chi connectivity index (χ1) is 26.0. The summed E-state index contributed by atoms with van der Waals surface area (Å²) in [6.45, 7) is 4.32. The summed E-state index contributed by atoms with van der Waals surface area (Å²) in [6.07, 6.45) is 13.5. The van der Waals surface area contributed by atoms with Gasteiger partial charge in [-0.3, -0.25) is 4.79 Å². The summed E-state index contributed by atoms with van der Waals surface area (Å²) < 4.78 is 96.7. The first-order valence-electron chi connectivity index (χ1n) is 20.4. The molecule has 0 bridgehead atoms. The van der Waals surface area contributed by atoms with Crippen molar-refractivity contribution in [2.75, 3.05) is 0 Å². The Morgan fingerprint density at radius 3 is 1.04 bits per heavy atom. The van der Waals surface area contributed by atoms with Gasteiger partial charge < -0.3 is 14.2 Å². The maximum absolute atomic E-state index is 14.3. The number of carbonyl (C=O) groups excluding carboxylic acids is 1. The largest absolute Gasteiger partial charge is 0.504 e. The maximum atomic E-state index is 14.3. The van der Waals surface area contributed by atoms with Crippen LogP contribution in [0, 0.1) is 63.2 Å². The van der Waals surface area contributed by atoms with Gasteiger partial charge in [0.25, 0.3) is 5.78 Å². The molecule has 4 aliphatic carbocycles. The Bertz CT molecular complexity index is 1510.